The Balaban J connectivity index is 2.35. The molecule has 1 aliphatic heterocycles. The van der Waals surface area contributed by atoms with Crippen LogP contribution in [0.2, 0.25) is 0 Å². The second-order valence-corrected chi connectivity index (χ2v) is 7.42. The molecule has 0 amide bonds. The molecule has 0 saturated carbocycles. The molecule has 1 rings (SSSR count). The number of rotatable bonds is 13. The van der Waals surface area contributed by atoms with E-state index in [4.69, 9.17) is 18.9 Å². The predicted molar refractivity (Wildman–Crippen MR) is 99.6 cm³/mol. The average molecular weight is 361 g/mol. The van der Waals surface area contributed by atoms with Crippen LogP contribution in [0.1, 0.15) is 65.7 Å². The number of hydrogen-bond donors (Lipinski definition) is 1. The number of aliphatic hydroxyl groups is 1. The Morgan fingerprint density at radius 3 is 2.36 bits per heavy atom. The molecular weight excluding hydrogens is 320 g/mol. The van der Waals surface area contributed by atoms with E-state index in [0.717, 1.165) is 12.8 Å². The van der Waals surface area contributed by atoms with Crippen molar-refractivity contribution in [2.24, 2.45) is 11.8 Å². The van der Waals surface area contributed by atoms with Crippen LogP contribution in [0, 0.1) is 11.8 Å². The molecule has 1 saturated heterocycles. The first-order valence-corrected chi connectivity index (χ1v) is 10.0. The molecule has 6 atom stereocenters. The second-order valence-electron chi connectivity index (χ2n) is 7.42. The highest BCUT2D eigenvalue weighted by Gasteiger charge is 2.41. The molecule has 3 unspecified atom stereocenters. The highest BCUT2D eigenvalue weighted by atomic mass is 16.6. The van der Waals surface area contributed by atoms with Crippen molar-refractivity contribution >= 4 is 0 Å². The van der Waals surface area contributed by atoms with Gasteiger partial charge in [-0.3, -0.25) is 0 Å². The van der Waals surface area contributed by atoms with Crippen LogP contribution in [-0.4, -0.2) is 57.1 Å². The Morgan fingerprint density at radius 1 is 1.00 bits per heavy atom. The topological polar surface area (TPSA) is 57.2 Å². The summed E-state index contributed by atoms with van der Waals surface area (Å²) in [5.74, 6) is 0.145. The molecule has 0 radical (unpaired) electrons. The van der Waals surface area contributed by atoms with Gasteiger partial charge in [-0.25, -0.2) is 0 Å². The quantitative estimate of drug-likeness (QED) is 0.507. The summed E-state index contributed by atoms with van der Waals surface area (Å²) in [6, 6.07) is 0. The Hall–Kier alpha value is -0.200. The van der Waals surface area contributed by atoms with E-state index in [0.29, 0.717) is 13.2 Å². The fourth-order valence-corrected chi connectivity index (χ4v) is 3.63. The first-order chi connectivity index (χ1) is 12.0. The summed E-state index contributed by atoms with van der Waals surface area (Å²) < 4.78 is 22.6. The van der Waals surface area contributed by atoms with Crippen LogP contribution >= 0.6 is 0 Å². The standard InChI is InChI=1S/C20H40O5/c1-6-7-8-9-10-11-17(23-5)12-13-24-19-15(2)18(14-22-4)25-20(21)16(19)3/h15-21H,6-14H2,1-5H3/t15-,16-,17-,18?,19?,20?/m1/s1. The highest BCUT2D eigenvalue weighted by molar-refractivity contribution is 4.85. The summed E-state index contributed by atoms with van der Waals surface area (Å²) in [7, 11) is 3.44. The Morgan fingerprint density at radius 2 is 1.72 bits per heavy atom. The van der Waals surface area contributed by atoms with Crippen molar-refractivity contribution in [2.45, 2.75) is 90.3 Å². The molecule has 150 valence electrons. The third-order valence-electron chi connectivity index (χ3n) is 5.43. The fourth-order valence-electron chi connectivity index (χ4n) is 3.63. The van der Waals surface area contributed by atoms with Crippen molar-refractivity contribution < 1.29 is 24.1 Å². The van der Waals surface area contributed by atoms with E-state index in [9.17, 15) is 5.11 Å². The van der Waals surface area contributed by atoms with Gasteiger partial charge in [-0.1, -0.05) is 52.9 Å². The first-order valence-electron chi connectivity index (χ1n) is 10.0. The number of unbranched alkanes of at least 4 members (excludes halogenated alkanes) is 4. The van der Waals surface area contributed by atoms with E-state index in [2.05, 4.69) is 13.8 Å². The van der Waals surface area contributed by atoms with Crippen LogP contribution in [0.4, 0.5) is 0 Å². The van der Waals surface area contributed by atoms with Crippen molar-refractivity contribution in [2.75, 3.05) is 27.4 Å². The molecule has 0 spiro atoms. The van der Waals surface area contributed by atoms with E-state index in [-0.39, 0.29) is 30.1 Å². The average Bonchev–Trinajstić information content (AvgIpc) is 2.60. The van der Waals surface area contributed by atoms with E-state index in [1.165, 1.54) is 32.1 Å². The fraction of sp³-hybridized carbons (Fsp3) is 1.00. The number of ether oxygens (including phenoxy) is 4. The molecule has 0 aliphatic carbocycles. The van der Waals surface area contributed by atoms with Crippen LogP contribution in [0.5, 0.6) is 0 Å². The molecule has 1 N–H and O–H groups in total. The highest BCUT2D eigenvalue weighted by Crippen LogP contribution is 2.31. The van der Waals surface area contributed by atoms with Crippen molar-refractivity contribution in [1.29, 1.82) is 0 Å². The van der Waals surface area contributed by atoms with Gasteiger partial charge in [0.2, 0.25) is 0 Å². The lowest BCUT2D eigenvalue weighted by atomic mass is 9.86. The summed E-state index contributed by atoms with van der Waals surface area (Å²) in [5, 5.41) is 10.1. The van der Waals surface area contributed by atoms with Gasteiger partial charge in [-0.05, 0) is 12.8 Å². The van der Waals surface area contributed by atoms with Crippen LogP contribution in [0.15, 0.2) is 0 Å². The maximum Gasteiger partial charge on any atom is 0.160 e. The van der Waals surface area contributed by atoms with Gasteiger partial charge in [0.05, 0.1) is 24.9 Å². The Kier molecular flexibility index (Phi) is 11.9. The van der Waals surface area contributed by atoms with Gasteiger partial charge in [0, 0.05) is 32.7 Å². The minimum Gasteiger partial charge on any atom is -0.382 e. The molecule has 25 heavy (non-hydrogen) atoms. The lowest BCUT2D eigenvalue weighted by molar-refractivity contribution is -0.258. The summed E-state index contributed by atoms with van der Waals surface area (Å²) >= 11 is 0. The van der Waals surface area contributed by atoms with Crippen LogP contribution < -0.4 is 0 Å². The van der Waals surface area contributed by atoms with Crippen molar-refractivity contribution in [3.63, 3.8) is 0 Å². The lowest BCUT2D eigenvalue weighted by Gasteiger charge is -2.42. The molecule has 0 bridgehead atoms. The summed E-state index contributed by atoms with van der Waals surface area (Å²) in [6.45, 7) is 7.46. The molecule has 0 aromatic heterocycles. The van der Waals surface area contributed by atoms with Crippen LogP contribution in [0.3, 0.4) is 0 Å². The Bertz CT molecular complexity index is 325. The van der Waals surface area contributed by atoms with Crippen molar-refractivity contribution in [3.05, 3.63) is 0 Å². The molecule has 1 heterocycles. The summed E-state index contributed by atoms with van der Waals surface area (Å²) in [6.07, 6.45) is 7.73. The zero-order valence-corrected chi connectivity index (χ0v) is 16.9. The Labute approximate surface area is 154 Å². The second kappa shape index (κ2) is 13.0. The third-order valence-corrected chi connectivity index (χ3v) is 5.43. The van der Waals surface area contributed by atoms with Gasteiger partial charge in [0.15, 0.2) is 6.29 Å². The molecule has 5 nitrogen and oxygen atoms in total. The van der Waals surface area contributed by atoms with E-state index in [1.807, 2.05) is 6.92 Å². The van der Waals surface area contributed by atoms with Gasteiger partial charge in [-0.15, -0.1) is 0 Å². The van der Waals surface area contributed by atoms with E-state index < -0.39 is 6.29 Å². The smallest absolute Gasteiger partial charge is 0.160 e. The molecule has 0 aromatic rings. The normalized spacial score (nSPS) is 31.2. The number of methoxy groups -OCH3 is 2. The van der Waals surface area contributed by atoms with E-state index >= 15 is 0 Å². The molecule has 0 aromatic carbocycles. The predicted octanol–water partition coefficient (Wildman–Crippen LogP) is 3.77. The molecular formula is C20H40O5. The van der Waals surface area contributed by atoms with Gasteiger partial charge in [0.25, 0.3) is 0 Å². The molecule has 1 aliphatic rings. The van der Waals surface area contributed by atoms with Gasteiger partial charge < -0.3 is 24.1 Å². The van der Waals surface area contributed by atoms with Crippen LogP contribution in [-0.2, 0) is 18.9 Å². The summed E-state index contributed by atoms with van der Waals surface area (Å²) in [5.41, 5.74) is 0. The van der Waals surface area contributed by atoms with Crippen LogP contribution in [0.25, 0.3) is 0 Å². The van der Waals surface area contributed by atoms with Gasteiger partial charge in [-0.2, -0.15) is 0 Å². The largest absolute Gasteiger partial charge is 0.382 e. The molecule has 1 fully saturated rings. The third kappa shape index (κ3) is 7.92. The maximum atomic E-state index is 10.1. The maximum absolute atomic E-state index is 10.1. The van der Waals surface area contributed by atoms with E-state index in [1.54, 1.807) is 14.2 Å². The summed E-state index contributed by atoms with van der Waals surface area (Å²) in [4.78, 5) is 0. The monoisotopic (exact) mass is 360 g/mol. The van der Waals surface area contributed by atoms with Gasteiger partial charge >= 0.3 is 0 Å². The SMILES string of the molecule is CCCCCCC[C@H](CCOC1[C@H](C)C(COC)OC(O)[C@@H]1C)OC. The van der Waals surface area contributed by atoms with Gasteiger partial charge in [0.1, 0.15) is 0 Å². The first kappa shape index (κ1) is 22.8. The minimum absolute atomic E-state index is 0.0223. The zero-order valence-electron chi connectivity index (χ0n) is 16.9. The van der Waals surface area contributed by atoms with Crippen molar-refractivity contribution in [1.82, 2.24) is 0 Å². The zero-order chi connectivity index (χ0) is 18.7. The number of hydrogen-bond acceptors (Lipinski definition) is 5. The van der Waals surface area contributed by atoms with Crippen molar-refractivity contribution in [3.8, 4) is 0 Å². The number of aliphatic hydroxyl groups excluding tert-OH is 1. The molecule has 5 heteroatoms. The lowest BCUT2D eigenvalue weighted by Crippen LogP contribution is -2.51. The minimum atomic E-state index is -0.793.